The van der Waals surface area contributed by atoms with Gasteiger partial charge in [-0.3, -0.25) is 4.79 Å². The molecule has 1 fully saturated rings. The first-order chi connectivity index (χ1) is 14.7. The van der Waals surface area contributed by atoms with Crippen molar-refractivity contribution in [3.05, 3.63) is 65.9 Å². The molecule has 4 heteroatoms. The SMILES string of the molecule is Cc1ccc(-c2sc(-c3ccccc3)nc2CC(=O)NC2CCCCCCC2)cc1. The quantitative estimate of drug-likeness (QED) is 0.510. The van der Waals surface area contributed by atoms with Crippen LogP contribution in [0.1, 0.15) is 56.2 Å². The van der Waals surface area contributed by atoms with Crippen LogP contribution in [-0.4, -0.2) is 16.9 Å². The highest BCUT2D eigenvalue weighted by molar-refractivity contribution is 7.18. The molecule has 0 spiro atoms. The zero-order valence-corrected chi connectivity index (χ0v) is 18.5. The molecule has 1 aliphatic rings. The highest BCUT2D eigenvalue weighted by Gasteiger charge is 2.19. The first-order valence-corrected chi connectivity index (χ1v) is 11.9. The summed E-state index contributed by atoms with van der Waals surface area (Å²) in [6.45, 7) is 2.09. The monoisotopic (exact) mass is 418 g/mol. The summed E-state index contributed by atoms with van der Waals surface area (Å²) in [5.41, 5.74) is 4.35. The summed E-state index contributed by atoms with van der Waals surface area (Å²) in [7, 11) is 0. The first kappa shape index (κ1) is 20.8. The van der Waals surface area contributed by atoms with Crippen LogP contribution in [0.15, 0.2) is 54.6 Å². The molecule has 30 heavy (non-hydrogen) atoms. The average molecular weight is 419 g/mol. The van der Waals surface area contributed by atoms with Gasteiger partial charge in [0.25, 0.3) is 0 Å². The molecule has 1 N–H and O–H groups in total. The molecule has 3 aromatic rings. The van der Waals surface area contributed by atoms with E-state index in [1.54, 1.807) is 11.3 Å². The number of carbonyl (C=O) groups excluding carboxylic acids is 1. The maximum absolute atomic E-state index is 12.9. The molecule has 0 aliphatic heterocycles. The van der Waals surface area contributed by atoms with E-state index in [4.69, 9.17) is 4.98 Å². The predicted octanol–water partition coefficient (Wildman–Crippen LogP) is 6.56. The lowest BCUT2D eigenvalue weighted by Gasteiger charge is -2.21. The number of benzene rings is 2. The largest absolute Gasteiger partial charge is 0.353 e. The number of hydrogen-bond donors (Lipinski definition) is 1. The molecule has 4 rings (SSSR count). The second-order valence-electron chi connectivity index (χ2n) is 8.31. The van der Waals surface area contributed by atoms with Crippen LogP contribution in [0.5, 0.6) is 0 Å². The highest BCUT2D eigenvalue weighted by Crippen LogP contribution is 2.36. The molecule has 0 radical (unpaired) electrons. The van der Waals surface area contributed by atoms with Gasteiger partial charge < -0.3 is 5.32 Å². The topological polar surface area (TPSA) is 42.0 Å². The van der Waals surface area contributed by atoms with Crippen molar-refractivity contribution in [3.8, 4) is 21.0 Å². The molecule has 1 amide bonds. The number of amides is 1. The van der Waals surface area contributed by atoms with Crippen molar-refractivity contribution >= 4 is 17.2 Å². The maximum atomic E-state index is 12.9. The number of thiazole rings is 1. The third kappa shape index (κ3) is 5.37. The van der Waals surface area contributed by atoms with E-state index in [9.17, 15) is 4.79 Å². The van der Waals surface area contributed by atoms with Crippen molar-refractivity contribution in [2.24, 2.45) is 0 Å². The van der Waals surface area contributed by atoms with Gasteiger partial charge >= 0.3 is 0 Å². The fourth-order valence-corrected chi connectivity index (χ4v) is 5.23. The standard InChI is InChI=1S/C26H30N2OS/c1-19-14-16-20(17-15-19)25-23(28-26(30-25)21-10-6-5-7-11-21)18-24(29)27-22-12-8-3-2-4-9-13-22/h5-7,10-11,14-17,22H,2-4,8-9,12-13,18H2,1H3,(H,27,29). The summed E-state index contributed by atoms with van der Waals surface area (Å²) in [6.07, 6.45) is 8.88. The summed E-state index contributed by atoms with van der Waals surface area (Å²) in [4.78, 5) is 18.9. The Morgan fingerprint density at radius 2 is 1.60 bits per heavy atom. The van der Waals surface area contributed by atoms with Gasteiger partial charge in [-0.05, 0) is 25.3 Å². The molecule has 0 atom stereocenters. The third-order valence-electron chi connectivity index (χ3n) is 5.83. The Morgan fingerprint density at radius 3 is 2.30 bits per heavy atom. The molecular weight excluding hydrogens is 388 g/mol. The molecule has 1 aliphatic carbocycles. The van der Waals surface area contributed by atoms with Crippen molar-refractivity contribution in [1.82, 2.24) is 10.3 Å². The van der Waals surface area contributed by atoms with Crippen molar-refractivity contribution in [2.45, 2.75) is 64.3 Å². The third-order valence-corrected chi connectivity index (χ3v) is 7.03. The number of aryl methyl sites for hydroxylation is 1. The van der Waals surface area contributed by atoms with Gasteiger partial charge in [-0.15, -0.1) is 11.3 Å². The fraction of sp³-hybridized carbons (Fsp3) is 0.385. The first-order valence-electron chi connectivity index (χ1n) is 11.1. The van der Waals surface area contributed by atoms with E-state index >= 15 is 0 Å². The number of rotatable bonds is 5. The molecule has 0 bridgehead atoms. The van der Waals surface area contributed by atoms with Gasteiger partial charge in [-0.1, -0.05) is 92.3 Å². The molecule has 3 nitrogen and oxygen atoms in total. The second-order valence-corrected chi connectivity index (χ2v) is 9.31. The molecule has 1 aromatic heterocycles. The lowest BCUT2D eigenvalue weighted by molar-refractivity contribution is -0.121. The molecule has 0 unspecified atom stereocenters. The van der Waals surface area contributed by atoms with Gasteiger partial charge in [0.15, 0.2) is 0 Å². The summed E-state index contributed by atoms with van der Waals surface area (Å²) in [5, 5.41) is 4.27. The average Bonchev–Trinajstić information content (AvgIpc) is 3.15. The summed E-state index contributed by atoms with van der Waals surface area (Å²) in [6, 6.07) is 19.1. The Hall–Kier alpha value is -2.46. The van der Waals surface area contributed by atoms with Crippen molar-refractivity contribution in [2.75, 3.05) is 0 Å². The Bertz CT molecular complexity index is 954. The van der Waals surface area contributed by atoms with Gasteiger partial charge in [-0.2, -0.15) is 0 Å². The van der Waals surface area contributed by atoms with Crippen LogP contribution < -0.4 is 5.32 Å². The normalized spacial score (nSPS) is 15.4. The smallest absolute Gasteiger partial charge is 0.226 e. The van der Waals surface area contributed by atoms with Crippen molar-refractivity contribution in [1.29, 1.82) is 0 Å². The summed E-state index contributed by atoms with van der Waals surface area (Å²) in [5.74, 6) is 0.0962. The number of nitrogens with zero attached hydrogens (tertiary/aromatic N) is 1. The molecule has 0 saturated heterocycles. The number of aromatic nitrogens is 1. The van der Waals surface area contributed by atoms with Crippen LogP contribution in [0.4, 0.5) is 0 Å². The molecule has 1 saturated carbocycles. The van der Waals surface area contributed by atoms with Crippen LogP contribution in [0, 0.1) is 6.92 Å². The van der Waals surface area contributed by atoms with E-state index in [0.717, 1.165) is 39.5 Å². The lowest BCUT2D eigenvalue weighted by Crippen LogP contribution is -2.36. The maximum Gasteiger partial charge on any atom is 0.226 e. The Kier molecular flexibility index (Phi) is 6.96. The van der Waals surface area contributed by atoms with Crippen molar-refractivity contribution in [3.63, 3.8) is 0 Å². The minimum atomic E-state index is 0.0962. The Balaban J connectivity index is 1.56. The highest BCUT2D eigenvalue weighted by atomic mass is 32.1. The van der Waals surface area contributed by atoms with Crippen LogP contribution in [0.2, 0.25) is 0 Å². The summed E-state index contributed by atoms with van der Waals surface area (Å²) >= 11 is 1.67. The van der Waals surface area contributed by atoms with Gasteiger partial charge in [0, 0.05) is 11.6 Å². The van der Waals surface area contributed by atoms with Crippen LogP contribution in [0.3, 0.4) is 0 Å². The van der Waals surface area contributed by atoms with E-state index < -0.39 is 0 Å². The van der Waals surface area contributed by atoms with Crippen molar-refractivity contribution < 1.29 is 4.79 Å². The van der Waals surface area contributed by atoms with E-state index in [1.807, 2.05) is 18.2 Å². The van der Waals surface area contributed by atoms with E-state index in [0.29, 0.717) is 12.5 Å². The van der Waals surface area contributed by atoms with Gasteiger partial charge in [0.05, 0.1) is 17.0 Å². The van der Waals surface area contributed by atoms with Gasteiger partial charge in [0.1, 0.15) is 5.01 Å². The zero-order valence-electron chi connectivity index (χ0n) is 17.7. The molecule has 2 aromatic carbocycles. The van der Waals surface area contributed by atoms with E-state index in [2.05, 4.69) is 48.6 Å². The molecular formula is C26H30N2OS. The second kappa shape index (κ2) is 10.0. The van der Waals surface area contributed by atoms with E-state index in [-0.39, 0.29) is 5.91 Å². The lowest BCUT2D eigenvalue weighted by atomic mass is 9.96. The van der Waals surface area contributed by atoms with Gasteiger partial charge in [0.2, 0.25) is 5.91 Å². The van der Waals surface area contributed by atoms with Crippen LogP contribution in [0.25, 0.3) is 21.0 Å². The minimum Gasteiger partial charge on any atom is -0.353 e. The van der Waals surface area contributed by atoms with Crippen LogP contribution in [-0.2, 0) is 11.2 Å². The number of nitrogens with one attached hydrogen (secondary N) is 1. The number of hydrogen-bond acceptors (Lipinski definition) is 3. The Labute approximate surface area is 183 Å². The zero-order chi connectivity index (χ0) is 20.8. The van der Waals surface area contributed by atoms with Crippen LogP contribution >= 0.6 is 11.3 Å². The number of carbonyl (C=O) groups is 1. The fourth-order valence-electron chi connectivity index (χ4n) is 4.14. The molecule has 1 heterocycles. The van der Waals surface area contributed by atoms with Gasteiger partial charge in [-0.25, -0.2) is 4.98 Å². The van der Waals surface area contributed by atoms with E-state index in [1.165, 1.54) is 37.7 Å². The minimum absolute atomic E-state index is 0.0962. The molecule has 156 valence electrons. The predicted molar refractivity (Wildman–Crippen MR) is 126 cm³/mol. The Morgan fingerprint density at radius 1 is 0.933 bits per heavy atom. The summed E-state index contributed by atoms with van der Waals surface area (Å²) < 4.78 is 0.